The third-order valence-electron chi connectivity index (χ3n) is 4.42. The fourth-order valence-electron chi connectivity index (χ4n) is 2.84. The van der Waals surface area contributed by atoms with Crippen LogP contribution in [-0.4, -0.2) is 29.7 Å². The monoisotopic (exact) mass is 247 g/mol. The summed E-state index contributed by atoms with van der Waals surface area (Å²) in [7, 11) is 0. The summed E-state index contributed by atoms with van der Waals surface area (Å²) in [5.74, 6) is 0. The van der Waals surface area contributed by atoms with E-state index in [0.29, 0.717) is 6.04 Å². The van der Waals surface area contributed by atoms with Crippen LogP contribution in [0.3, 0.4) is 0 Å². The maximum atomic E-state index is 4.43. The third kappa shape index (κ3) is 2.37. The normalized spacial score (nSPS) is 23.1. The summed E-state index contributed by atoms with van der Waals surface area (Å²) >= 11 is 0. The molecule has 0 amide bonds. The van der Waals surface area contributed by atoms with Crippen LogP contribution in [0, 0.1) is 6.92 Å². The maximum Gasteiger partial charge on any atom is 0.0605 e. The SMILES string of the molecule is CCC1(CC)CN(c2cccnc2C)C(C)CN1. The minimum atomic E-state index is 0.259. The van der Waals surface area contributed by atoms with Gasteiger partial charge in [-0.05, 0) is 38.8 Å². The van der Waals surface area contributed by atoms with Crippen LogP contribution in [0.1, 0.15) is 39.3 Å². The number of aromatic nitrogens is 1. The first kappa shape index (κ1) is 13.3. The van der Waals surface area contributed by atoms with Crippen LogP contribution in [0.4, 0.5) is 5.69 Å². The third-order valence-corrected chi connectivity index (χ3v) is 4.42. The van der Waals surface area contributed by atoms with Gasteiger partial charge in [-0.15, -0.1) is 0 Å². The van der Waals surface area contributed by atoms with E-state index in [4.69, 9.17) is 0 Å². The van der Waals surface area contributed by atoms with E-state index in [0.717, 1.165) is 18.8 Å². The van der Waals surface area contributed by atoms with Gasteiger partial charge in [-0.2, -0.15) is 0 Å². The van der Waals surface area contributed by atoms with Crippen molar-refractivity contribution in [1.29, 1.82) is 0 Å². The molecule has 1 unspecified atom stereocenters. The smallest absolute Gasteiger partial charge is 0.0605 e. The second kappa shape index (κ2) is 5.27. The minimum absolute atomic E-state index is 0.259. The van der Waals surface area contributed by atoms with Gasteiger partial charge in [0, 0.05) is 30.9 Å². The first-order valence-electron chi connectivity index (χ1n) is 7.05. The molecule has 1 fully saturated rings. The Balaban J connectivity index is 2.28. The minimum Gasteiger partial charge on any atom is -0.364 e. The molecule has 0 saturated carbocycles. The average Bonchev–Trinajstić information content (AvgIpc) is 2.41. The Morgan fingerprint density at radius 1 is 1.44 bits per heavy atom. The number of aryl methyl sites for hydroxylation is 1. The van der Waals surface area contributed by atoms with E-state index < -0.39 is 0 Å². The van der Waals surface area contributed by atoms with Crippen molar-refractivity contribution in [2.45, 2.75) is 52.1 Å². The van der Waals surface area contributed by atoms with Crippen LogP contribution in [0.15, 0.2) is 18.3 Å². The van der Waals surface area contributed by atoms with Crippen LogP contribution in [0.25, 0.3) is 0 Å². The number of hydrogen-bond acceptors (Lipinski definition) is 3. The van der Waals surface area contributed by atoms with E-state index in [1.165, 1.54) is 18.5 Å². The zero-order valence-corrected chi connectivity index (χ0v) is 12.0. The molecule has 0 radical (unpaired) electrons. The van der Waals surface area contributed by atoms with Crippen molar-refractivity contribution in [3.8, 4) is 0 Å². The highest BCUT2D eigenvalue weighted by molar-refractivity contribution is 5.51. The molecule has 1 aromatic heterocycles. The number of piperazine rings is 1. The zero-order valence-electron chi connectivity index (χ0n) is 12.0. The topological polar surface area (TPSA) is 28.2 Å². The lowest BCUT2D eigenvalue weighted by molar-refractivity contribution is 0.253. The van der Waals surface area contributed by atoms with Gasteiger partial charge >= 0.3 is 0 Å². The molecule has 100 valence electrons. The molecule has 1 atom stereocenters. The fourth-order valence-corrected chi connectivity index (χ4v) is 2.84. The van der Waals surface area contributed by atoms with Crippen LogP contribution in [-0.2, 0) is 0 Å². The van der Waals surface area contributed by atoms with E-state index >= 15 is 0 Å². The predicted molar refractivity (Wildman–Crippen MR) is 77.1 cm³/mol. The Morgan fingerprint density at radius 3 is 2.78 bits per heavy atom. The van der Waals surface area contributed by atoms with Gasteiger partial charge in [0.15, 0.2) is 0 Å². The molecule has 3 heteroatoms. The molecule has 1 saturated heterocycles. The highest BCUT2D eigenvalue weighted by atomic mass is 15.3. The van der Waals surface area contributed by atoms with Gasteiger partial charge < -0.3 is 10.2 Å². The molecule has 1 aliphatic heterocycles. The standard InChI is InChI=1S/C15H25N3/c1-5-15(6-2)11-18(12(3)10-17-15)14-8-7-9-16-13(14)4/h7-9,12,17H,5-6,10-11H2,1-4H3. The Kier molecular flexibility index (Phi) is 3.91. The molecule has 18 heavy (non-hydrogen) atoms. The lowest BCUT2D eigenvalue weighted by Crippen LogP contribution is -2.63. The quantitative estimate of drug-likeness (QED) is 0.890. The van der Waals surface area contributed by atoms with Crippen molar-refractivity contribution in [1.82, 2.24) is 10.3 Å². The average molecular weight is 247 g/mol. The molecule has 1 aromatic rings. The molecule has 0 spiro atoms. The molecule has 0 aliphatic carbocycles. The maximum absolute atomic E-state index is 4.43. The fraction of sp³-hybridized carbons (Fsp3) is 0.667. The summed E-state index contributed by atoms with van der Waals surface area (Å²) in [5, 5.41) is 3.74. The lowest BCUT2D eigenvalue weighted by atomic mass is 9.88. The Labute approximate surface area is 111 Å². The Morgan fingerprint density at radius 2 is 2.17 bits per heavy atom. The van der Waals surface area contributed by atoms with Gasteiger partial charge in [-0.1, -0.05) is 13.8 Å². The van der Waals surface area contributed by atoms with Crippen molar-refractivity contribution in [2.75, 3.05) is 18.0 Å². The van der Waals surface area contributed by atoms with Gasteiger partial charge in [-0.3, -0.25) is 4.98 Å². The first-order valence-corrected chi connectivity index (χ1v) is 7.05. The number of pyridine rings is 1. The summed E-state index contributed by atoms with van der Waals surface area (Å²) < 4.78 is 0. The number of hydrogen-bond donors (Lipinski definition) is 1. The van der Waals surface area contributed by atoms with Crippen molar-refractivity contribution in [3.63, 3.8) is 0 Å². The van der Waals surface area contributed by atoms with Crippen molar-refractivity contribution >= 4 is 5.69 Å². The van der Waals surface area contributed by atoms with Crippen LogP contribution >= 0.6 is 0 Å². The molecular formula is C15H25N3. The number of nitrogens with zero attached hydrogens (tertiary/aromatic N) is 2. The summed E-state index contributed by atoms with van der Waals surface area (Å²) in [4.78, 5) is 6.95. The summed E-state index contributed by atoms with van der Waals surface area (Å²) in [6.45, 7) is 11.1. The summed E-state index contributed by atoms with van der Waals surface area (Å²) in [6.07, 6.45) is 4.22. The van der Waals surface area contributed by atoms with Gasteiger partial charge in [0.25, 0.3) is 0 Å². The molecule has 2 rings (SSSR count). The molecule has 2 heterocycles. The van der Waals surface area contributed by atoms with E-state index in [1.54, 1.807) is 0 Å². The number of rotatable bonds is 3. The molecule has 0 aromatic carbocycles. The predicted octanol–water partition coefficient (Wildman–Crippen LogP) is 2.75. The highest BCUT2D eigenvalue weighted by Crippen LogP contribution is 2.28. The second-order valence-electron chi connectivity index (χ2n) is 5.45. The van der Waals surface area contributed by atoms with E-state index in [9.17, 15) is 0 Å². The molecule has 1 N–H and O–H groups in total. The number of nitrogens with one attached hydrogen (secondary N) is 1. The summed E-state index contributed by atoms with van der Waals surface area (Å²) in [6, 6.07) is 4.76. The van der Waals surface area contributed by atoms with Gasteiger partial charge in [-0.25, -0.2) is 0 Å². The molecule has 3 nitrogen and oxygen atoms in total. The number of anilines is 1. The van der Waals surface area contributed by atoms with E-state index in [-0.39, 0.29) is 5.54 Å². The van der Waals surface area contributed by atoms with Gasteiger partial charge in [0.1, 0.15) is 0 Å². The zero-order chi connectivity index (χ0) is 13.2. The van der Waals surface area contributed by atoms with Gasteiger partial charge in [0.2, 0.25) is 0 Å². The van der Waals surface area contributed by atoms with E-state index in [1.807, 2.05) is 12.3 Å². The van der Waals surface area contributed by atoms with Crippen molar-refractivity contribution < 1.29 is 0 Å². The van der Waals surface area contributed by atoms with Crippen molar-refractivity contribution in [3.05, 3.63) is 24.0 Å². The van der Waals surface area contributed by atoms with Crippen LogP contribution in [0.2, 0.25) is 0 Å². The van der Waals surface area contributed by atoms with Crippen molar-refractivity contribution in [2.24, 2.45) is 0 Å². The largest absolute Gasteiger partial charge is 0.364 e. The summed E-state index contributed by atoms with van der Waals surface area (Å²) in [5.41, 5.74) is 2.68. The Bertz CT molecular complexity index is 398. The second-order valence-corrected chi connectivity index (χ2v) is 5.45. The molecule has 0 bridgehead atoms. The van der Waals surface area contributed by atoms with Crippen LogP contribution in [0.5, 0.6) is 0 Å². The lowest BCUT2D eigenvalue weighted by Gasteiger charge is -2.48. The van der Waals surface area contributed by atoms with Crippen LogP contribution < -0.4 is 10.2 Å². The Hall–Kier alpha value is -1.09. The molecular weight excluding hydrogens is 222 g/mol. The highest BCUT2D eigenvalue weighted by Gasteiger charge is 2.35. The first-order chi connectivity index (χ1) is 8.62. The van der Waals surface area contributed by atoms with E-state index in [2.05, 4.69) is 49.0 Å². The molecule has 1 aliphatic rings. The van der Waals surface area contributed by atoms with Gasteiger partial charge in [0.05, 0.1) is 11.4 Å².